The largest absolute Gasteiger partial charge is 0.496 e. The van der Waals surface area contributed by atoms with Crippen molar-refractivity contribution in [3.05, 3.63) is 94.4 Å². The minimum absolute atomic E-state index is 0.0426. The van der Waals surface area contributed by atoms with Gasteiger partial charge in [0, 0.05) is 66.9 Å². The van der Waals surface area contributed by atoms with Gasteiger partial charge in [-0.05, 0) is 54.3 Å². The van der Waals surface area contributed by atoms with Crippen LogP contribution in [0.4, 0.5) is 10.5 Å². The summed E-state index contributed by atoms with van der Waals surface area (Å²) in [4.78, 5) is 46.6. The second-order valence-electron chi connectivity index (χ2n) is 11.4. The number of amides is 3. The van der Waals surface area contributed by atoms with E-state index in [0.29, 0.717) is 53.6 Å². The number of carboxylic acid groups (broad SMARTS) is 1. The standard InChI is InChI=1S/C35H37ClN6O6/c1-21-26(27-12-13-38-33(32(27)36)23-7-8-24(18-37-14-15-43)30(16-23)48-2)4-3-5-28(21)41-34(45)29-10-6-22(17-39-29)19-42(35(46)47)20-25-9-11-31(44)40-25/h3-8,10,12-13,16-17,25,37,43H,9,11,14-15,18-20H2,1-2H3,(H,40,44)(H,41,45)(H,46,47). The Morgan fingerprint density at radius 2 is 1.96 bits per heavy atom. The van der Waals surface area contributed by atoms with E-state index >= 15 is 0 Å². The average molecular weight is 673 g/mol. The number of nitrogens with zero attached hydrogens (tertiary/aromatic N) is 3. The lowest BCUT2D eigenvalue weighted by atomic mass is 9.97. The number of carbonyl (C=O) groups excluding carboxylic acids is 2. The predicted molar refractivity (Wildman–Crippen MR) is 182 cm³/mol. The summed E-state index contributed by atoms with van der Waals surface area (Å²) in [5, 5.41) is 28.0. The Bertz CT molecular complexity index is 1800. The van der Waals surface area contributed by atoms with Crippen LogP contribution >= 0.6 is 11.6 Å². The number of aliphatic hydroxyl groups excluding tert-OH is 1. The predicted octanol–water partition coefficient (Wildman–Crippen LogP) is 4.87. The molecule has 0 spiro atoms. The van der Waals surface area contributed by atoms with E-state index in [-0.39, 0.29) is 37.3 Å². The zero-order valence-corrected chi connectivity index (χ0v) is 27.4. The molecule has 2 aromatic heterocycles. The fourth-order valence-electron chi connectivity index (χ4n) is 5.61. The molecule has 2 aromatic carbocycles. The van der Waals surface area contributed by atoms with E-state index in [2.05, 4.69) is 25.9 Å². The summed E-state index contributed by atoms with van der Waals surface area (Å²) in [7, 11) is 1.60. The van der Waals surface area contributed by atoms with Crippen molar-refractivity contribution in [3.63, 3.8) is 0 Å². The highest BCUT2D eigenvalue weighted by molar-refractivity contribution is 6.35. The van der Waals surface area contributed by atoms with Gasteiger partial charge in [-0.15, -0.1) is 0 Å². The summed E-state index contributed by atoms with van der Waals surface area (Å²) < 4.78 is 5.60. The maximum atomic E-state index is 13.2. The van der Waals surface area contributed by atoms with Gasteiger partial charge in [0.2, 0.25) is 5.91 Å². The number of rotatable bonds is 13. The number of anilines is 1. The first-order chi connectivity index (χ1) is 23.2. The highest BCUT2D eigenvalue weighted by atomic mass is 35.5. The van der Waals surface area contributed by atoms with Crippen molar-refractivity contribution in [2.75, 3.05) is 32.1 Å². The van der Waals surface area contributed by atoms with Gasteiger partial charge in [-0.2, -0.15) is 0 Å². The van der Waals surface area contributed by atoms with Crippen molar-refractivity contribution < 1.29 is 29.3 Å². The van der Waals surface area contributed by atoms with E-state index in [4.69, 9.17) is 21.4 Å². The Kier molecular flexibility index (Phi) is 11.2. The molecule has 4 aromatic rings. The minimum Gasteiger partial charge on any atom is -0.496 e. The van der Waals surface area contributed by atoms with Crippen LogP contribution in [0.1, 0.15) is 40.0 Å². The van der Waals surface area contributed by atoms with Crippen molar-refractivity contribution in [2.24, 2.45) is 0 Å². The molecule has 0 bridgehead atoms. The number of halogens is 1. The first-order valence-corrected chi connectivity index (χ1v) is 15.8. The van der Waals surface area contributed by atoms with Gasteiger partial charge in [-0.25, -0.2) is 4.79 Å². The third-order valence-electron chi connectivity index (χ3n) is 8.15. The number of nitrogens with one attached hydrogen (secondary N) is 3. The van der Waals surface area contributed by atoms with Crippen LogP contribution < -0.4 is 20.7 Å². The lowest BCUT2D eigenvalue weighted by molar-refractivity contribution is -0.119. The van der Waals surface area contributed by atoms with E-state index in [1.54, 1.807) is 31.5 Å². The van der Waals surface area contributed by atoms with Crippen LogP contribution in [0, 0.1) is 6.92 Å². The molecule has 0 aliphatic carbocycles. The van der Waals surface area contributed by atoms with Gasteiger partial charge in [-0.1, -0.05) is 41.9 Å². The minimum atomic E-state index is -1.10. The van der Waals surface area contributed by atoms with E-state index in [9.17, 15) is 19.5 Å². The molecule has 1 saturated heterocycles. The fourth-order valence-corrected chi connectivity index (χ4v) is 5.93. The molecule has 3 heterocycles. The van der Waals surface area contributed by atoms with Gasteiger partial charge in [0.25, 0.3) is 5.91 Å². The third kappa shape index (κ3) is 8.08. The average Bonchev–Trinajstić information content (AvgIpc) is 3.50. The highest BCUT2D eigenvalue weighted by Crippen LogP contribution is 2.39. The van der Waals surface area contributed by atoms with Gasteiger partial charge in [-0.3, -0.25) is 19.6 Å². The summed E-state index contributed by atoms with van der Waals surface area (Å²) in [6.45, 7) is 3.19. The number of methoxy groups -OCH3 is 1. The number of aliphatic hydroxyl groups is 1. The summed E-state index contributed by atoms with van der Waals surface area (Å²) in [5.41, 5.74) is 6.00. The van der Waals surface area contributed by atoms with E-state index in [0.717, 1.165) is 27.8 Å². The Hall–Kier alpha value is -5.04. The lowest BCUT2D eigenvalue weighted by Gasteiger charge is -2.22. The van der Waals surface area contributed by atoms with Gasteiger partial charge in [0.05, 0.1) is 31.0 Å². The summed E-state index contributed by atoms with van der Waals surface area (Å²) >= 11 is 6.97. The number of carbonyl (C=O) groups is 3. The second kappa shape index (κ2) is 15.7. The second-order valence-corrected chi connectivity index (χ2v) is 11.8. The van der Waals surface area contributed by atoms with Crippen molar-refractivity contribution in [3.8, 4) is 28.1 Å². The molecule has 250 valence electrons. The zero-order valence-electron chi connectivity index (χ0n) is 26.6. The van der Waals surface area contributed by atoms with Crippen molar-refractivity contribution in [1.82, 2.24) is 25.5 Å². The molecule has 1 aliphatic heterocycles. The quantitative estimate of drug-likeness (QED) is 0.125. The number of benzene rings is 2. The van der Waals surface area contributed by atoms with Gasteiger partial charge in [0.15, 0.2) is 0 Å². The van der Waals surface area contributed by atoms with Crippen LogP contribution in [0.25, 0.3) is 22.4 Å². The number of aromatic nitrogens is 2. The normalized spacial score (nSPS) is 14.0. The Balaban J connectivity index is 1.31. The molecule has 3 amide bonds. The molecule has 13 heteroatoms. The molecule has 48 heavy (non-hydrogen) atoms. The number of pyridine rings is 2. The smallest absolute Gasteiger partial charge is 0.407 e. The SMILES string of the molecule is COc1cc(-c2nccc(-c3cccc(NC(=O)c4ccc(CN(CC5CCC(=O)N5)C(=O)O)cn4)c3C)c2Cl)ccc1CNCCO. The maximum Gasteiger partial charge on any atom is 0.407 e. The molecule has 5 rings (SSSR count). The molecule has 1 unspecified atom stereocenters. The van der Waals surface area contributed by atoms with Crippen LogP contribution in [0.3, 0.4) is 0 Å². The zero-order chi connectivity index (χ0) is 34.2. The number of hydrogen-bond donors (Lipinski definition) is 5. The van der Waals surface area contributed by atoms with Crippen LogP contribution in [0.15, 0.2) is 67.0 Å². The topological polar surface area (TPSA) is 166 Å². The Morgan fingerprint density at radius 1 is 1.12 bits per heavy atom. The number of hydrogen-bond acceptors (Lipinski definition) is 8. The maximum absolute atomic E-state index is 13.2. The third-order valence-corrected chi connectivity index (χ3v) is 8.54. The highest BCUT2D eigenvalue weighted by Gasteiger charge is 2.25. The Morgan fingerprint density at radius 3 is 2.65 bits per heavy atom. The van der Waals surface area contributed by atoms with Gasteiger partial charge < -0.3 is 35.8 Å². The Labute approximate surface area is 283 Å². The molecule has 0 radical (unpaired) electrons. The molecule has 12 nitrogen and oxygen atoms in total. The van der Waals surface area contributed by atoms with Gasteiger partial charge in [0.1, 0.15) is 11.4 Å². The molecular weight excluding hydrogens is 636 g/mol. The number of ether oxygens (including phenoxy) is 1. The van der Waals surface area contributed by atoms with E-state index < -0.39 is 12.0 Å². The van der Waals surface area contributed by atoms with Crippen LogP contribution in [-0.4, -0.2) is 75.8 Å². The van der Waals surface area contributed by atoms with E-state index in [1.807, 2.05) is 43.3 Å². The van der Waals surface area contributed by atoms with Crippen LogP contribution in [0.5, 0.6) is 5.75 Å². The van der Waals surface area contributed by atoms with E-state index in [1.165, 1.54) is 11.1 Å². The molecule has 1 atom stereocenters. The molecule has 1 fully saturated rings. The first-order valence-electron chi connectivity index (χ1n) is 15.4. The fraction of sp³-hybridized carbons (Fsp3) is 0.286. The van der Waals surface area contributed by atoms with Crippen LogP contribution in [0.2, 0.25) is 5.02 Å². The van der Waals surface area contributed by atoms with Crippen LogP contribution in [-0.2, 0) is 17.9 Å². The molecule has 1 aliphatic rings. The summed E-state index contributed by atoms with van der Waals surface area (Å²) in [6.07, 6.45) is 3.04. The molecule has 5 N–H and O–H groups in total. The van der Waals surface area contributed by atoms with Crippen molar-refractivity contribution in [2.45, 2.75) is 38.9 Å². The first kappa shape index (κ1) is 34.3. The molecular formula is C35H37ClN6O6. The molecule has 0 saturated carbocycles. The summed E-state index contributed by atoms with van der Waals surface area (Å²) in [5.74, 6) is 0.165. The van der Waals surface area contributed by atoms with Gasteiger partial charge >= 0.3 is 6.09 Å². The van der Waals surface area contributed by atoms with Crippen molar-refractivity contribution in [1.29, 1.82) is 0 Å². The summed E-state index contributed by atoms with van der Waals surface area (Å²) in [6, 6.07) is 16.1. The van der Waals surface area contributed by atoms with Crippen molar-refractivity contribution >= 4 is 35.2 Å². The monoisotopic (exact) mass is 672 g/mol. The lowest BCUT2D eigenvalue weighted by Crippen LogP contribution is -2.40.